The number of aromatic nitrogens is 1. The molecule has 2 aromatic rings. The van der Waals surface area contributed by atoms with Crippen LogP contribution in [-0.2, 0) is 10.1 Å². The molecule has 2 rings (SSSR count). The number of nitrogens with zero attached hydrogens (tertiary/aromatic N) is 1. The first-order chi connectivity index (χ1) is 10.1. The van der Waals surface area contributed by atoms with Gasteiger partial charge in [-0.3, -0.25) is 0 Å². The Hall–Kier alpha value is -2.23. The van der Waals surface area contributed by atoms with Gasteiger partial charge in [-0.2, -0.15) is 21.6 Å². The normalized spacial score (nSPS) is 12.2. The zero-order chi connectivity index (χ0) is 16.5. The molecular formula is C12H6F5NO3S. The summed E-state index contributed by atoms with van der Waals surface area (Å²) < 4.78 is 88.6. The van der Waals surface area contributed by atoms with Gasteiger partial charge in [-0.05, 0) is 17.7 Å². The van der Waals surface area contributed by atoms with Crippen molar-refractivity contribution in [2.45, 2.75) is 5.51 Å². The van der Waals surface area contributed by atoms with Crippen molar-refractivity contribution in [2.75, 3.05) is 0 Å². The van der Waals surface area contributed by atoms with E-state index in [0.29, 0.717) is 12.3 Å². The van der Waals surface area contributed by atoms with Crippen LogP contribution in [-0.4, -0.2) is 18.9 Å². The van der Waals surface area contributed by atoms with E-state index >= 15 is 0 Å². The van der Waals surface area contributed by atoms with Crippen LogP contribution in [0.5, 0.6) is 5.88 Å². The molecule has 4 nitrogen and oxygen atoms in total. The molecule has 1 aromatic carbocycles. The second-order valence-electron chi connectivity index (χ2n) is 3.99. The smallest absolute Gasteiger partial charge is 0.355 e. The Labute approximate surface area is 121 Å². The lowest BCUT2D eigenvalue weighted by Gasteiger charge is -2.10. The van der Waals surface area contributed by atoms with E-state index in [2.05, 4.69) is 9.17 Å². The standard InChI is InChI=1S/C12H6F5NO3S/c13-8-3-1-7(2-4-8)9-5-11(18-6-10(9)14)21-22(19,20)12(15,16)17/h1-6H. The van der Waals surface area contributed by atoms with E-state index in [-0.39, 0.29) is 11.1 Å². The molecule has 0 spiro atoms. The van der Waals surface area contributed by atoms with E-state index in [4.69, 9.17) is 0 Å². The molecule has 10 heteroatoms. The molecule has 0 bridgehead atoms. The van der Waals surface area contributed by atoms with Crippen molar-refractivity contribution < 1.29 is 34.6 Å². The van der Waals surface area contributed by atoms with Gasteiger partial charge in [0.25, 0.3) is 0 Å². The number of hydrogen-bond acceptors (Lipinski definition) is 4. The Kier molecular flexibility index (Phi) is 4.05. The summed E-state index contributed by atoms with van der Waals surface area (Å²) in [5.74, 6) is -2.50. The van der Waals surface area contributed by atoms with Gasteiger partial charge in [0.05, 0.1) is 6.20 Å². The van der Waals surface area contributed by atoms with Crippen molar-refractivity contribution >= 4 is 10.1 Å². The lowest BCUT2D eigenvalue weighted by atomic mass is 10.1. The van der Waals surface area contributed by atoms with Gasteiger partial charge in [-0.25, -0.2) is 13.8 Å². The number of halogens is 5. The third-order valence-corrected chi connectivity index (χ3v) is 3.42. The Morgan fingerprint density at radius 3 is 2.18 bits per heavy atom. The van der Waals surface area contributed by atoms with Gasteiger partial charge in [0.2, 0.25) is 5.88 Å². The van der Waals surface area contributed by atoms with E-state index < -0.39 is 33.1 Å². The second kappa shape index (κ2) is 5.52. The maximum atomic E-state index is 13.6. The predicted molar refractivity (Wildman–Crippen MR) is 65.2 cm³/mol. The number of alkyl halides is 3. The summed E-state index contributed by atoms with van der Waals surface area (Å²) in [5.41, 5.74) is -5.82. The van der Waals surface area contributed by atoms with Crippen molar-refractivity contribution in [3.05, 3.63) is 48.2 Å². The van der Waals surface area contributed by atoms with Crippen molar-refractivity contribution in [2.24, 2.45) is 0 Å². The Balaban J connectivity index is 2.42. The van der Waals surface area contributed by atoms with Crippen LogP contribution < -0.4 is 4.18 Å². The van der Waals surface area contributed by atoms with Gasteiger partial charge >= 0.3 is 15.6 Å². The summed E-state index contributed by atoms with van der Waals surface area (Å²) >= 11 is 0. The largest absolute Gasteiger partial charge is 0.534 e. The zero-order valence-electron chi connectivity index (χ0n) is 10.4. The summed E-state index contributed by atoms with van der Waals surface area (Å²) in [5, 5.41) is 0. The number of benzene rings is 1. The van der Waals surface area contributed by atoms with E-state index in [1.165, 1.54) is 0 Å². The molecule has 0 saturated heterocycles. The molecule has 0 fully saturated rings. The molecular weight excluding hydrogens is 333 g/mol. The van der Waals surface area contributed by atoms with E-state index in [0.717, 1.165) is 24.3 Å². The molecule has 0 saturated carbocycles. The van der Waals surface area contributed by atoms with Gasteiger partial charge in [-0.1, -0.05) is 12.1 Å². The first-order valence-corrected chi connectivity index (χ1v) is 6.93. The monoisotopic (exact) mass is 339 g/mol. The van der Waals surface area contributed by atoms with Crippen LogP contribution in [0.15, 0.2) is 36.5 Å². The highest BCUT2D eigenvalue weighted by molar-refractivity contribution is 7.87. The van der Waals surface area contributed by atoms with Gasteiger partial charge in [0.1, 0.15) is 11.6 Å². The maximum absolute atomic E-state index is 13.6. The van der Waals surface area contributed by atoms with Gasteiger partial charge in [0.15, 0.2) is 0 Å². The van der Waals surface area contributed by atoms with E-state index in [9.17, 15) is 30.4 Å². The van der Waals surface area contributed by atoms with Crippen LogP contribution in [0, 0.1) is 11.6 Å². The lowest BCUT2D eigenvalue weighted by molar-refractivity contribution is -0.0501. The van der Waals surface area contributed by atoms with Crippen LogP contribution in [0.1, 0.15) is 0 Å². The van der Waals surface area contributed by atoms with Crippen LogP contribution in [0.3, 0.4) is 0 Å². The van der Waals surface area contributed by atoms with E-state index in [1.54, 1.807) is 0 Å². The van der Waals surface area contributed by atoms with Gasteiger partial charge < -0.3 is 4.18 Å². The lowest BCUT2D eigenvalue weighted by Crippen LogP contribution is -2.28. The summed E-state index contributed by atoms with van der Waals surface area (Å²) in [6.07, 6.45) is 0.500. The topological polar surface area (TPSA) is 56.3 Å². The molecule has 1 aromatic heterocycles. The maximum Gasteiger partial charge on any atom is 0.534 e. The molecule has 0 atom stereocenters. The SMILES string of the molecule is O=S(=O)(Oc1cc(-c2ccc(F)cc2)c(F)cn1)C(F)(F)F. The molecule has 0 unspecified atom stereocenters. The van der Waals surface area contributed by atoms with Gasteiger partial charge in [0, 0.05) is 11.6 Å². The third kappa shape index (κ3) is 3.32. The Bertz CT molecular complexity index is 787. The summed E-state index contributed by atoms with van der Waals surface area (Å²) in [4.78, 5) is 3.13. The van der Waals surface area contributed by atoms with Crippen LogP contribution in [0.4, 0.5) is 22.0 Å². The predicted octanol–water partition coefficient (Wildman–Crippen LogP) is 3.26. The fourth-order valence-electron chi connectivity index (χ4n) is 1.48. The zero-order valence-corrected chi connectivity index (χ0v) is 11.3. The average molecular weight is 339 g/mol. The molecule has 0 aliphatic heterocycles. The molecule has 0 N–H and O–H groups in total. The molecule has 0 amide bonds. The van der Waals surface area contributed by atoms with Crippen molar-refractivity contribution in [3.63, 3.8) is 0 Å². The highest BCUT2D eigenvalue weighted by atomic mass is 32.2. The van der Waals surface area contributed by atoms with Crippen molar-refractivity contribution in [1.82, 2.24) is 4.98 Å². The van der Waals surface area contributed by atoms with Gasteiger partial charge in [-0.15, -0.1) is 0 Å². The van der Waals surface area contributed by atoms with E-state index in [1.807, 2.05) is 0 Å². The third-order valence-electron chi connectivity index (χ3n) is 2.46. The highest BCUT2D eigenvalue weighted by Crippen LogP contribution is 2.29. The first-order valence-electron chi connectivity index (χ1n) is 5.52. The Morgan fingerprint density at radius 1 is 1.05 bits per heavy atom. The molecule has 118 valence electrons. The summed E-state index contributed by atoms with van der Waals surface area (Å²) in [7, 11) is -5.91. The van der Waals surface area contributed by atoms with Crippen LogP contribution >= 0.6 is 0 Å². The number of pyridine rings is 1. The van der Waals surface area contributed by atoms with Crippen molar-refractivity contribution in [3.8, 4) is 17.0 Å². The molecule has 0 aliphatic carbocycles. The molecule has 1 heterocycles. The quantitative estimate of drug-likeness (QED) is 0.489. The fourth-order valence-corrected chi connectivity index (χ4v) is 1.89. The number of hydrogen-bond donors (Lipinski definition) is 0. The summed E-state index contributed by atoms with van der Waals surface area (Å²) in [6, 6.07) is 5.00. The average Bonchev–Trinajstić information content (AvgIpc) is 2.40. The molecule has 0 radical (unpaired) electrons. The minimum absolute atomic E-state index is 0.107. The molecule has 0 aliphatic rings. The molecule has 22 heavy (non-hydrogen) atoms. The second-order valence-corrected chi connectivity index (χ2v) is 5.53. The summed E-state index contributed by atoms with van der Waals surface area (Å²) in [6.45, 7) is 0. The van der Waals surface area contributed by atoms with Crippen molar-refractivity contribution in [1.29, 1.82) is 0 Å². The Morgan fingerprint density at radius 2 is 1.64 bits per heavy atom. The van der Waals surface area contributed by atoms with Crippen LogP contribution in [0.2, 0.25) is 0 Å². The number of rotatable bonds is 3. The highest BCUT2D eigenvalue weighted by Gasteiger charge is 2.48. The minimum Gasteiger partial charge on any atom is -0.355 e. The first kappa shape index (κ1) is 16.1. The van der Waals surface area contributed by atoms with Crippen LogP contribution in [0.25, 0.3) is 11.1 Å². The fraction of sp³-hybridized carbons (Fsp3) is 0.0833. The minimum atomic E-state index is -5.91.